The highest BCUT2D eigenvalue weighted by atomic mass is 16.5. The lowest BCUT2D eigenvalue weighted by molar-refractivity contribution is 0.0851. The van der Waals surface area contributed by atoms with Gasteiger partial charge in [-0.05, 0) is 12.8 Å². The van der Waals surface area contributed by atoms with Crippen LogP contribution in [-0.4, -0.2) is 19.3 Å². The van der Waals surface area contributed by atoms with E-state index >= 15 is 0 Å². The molecule has 0 unspecified atom stereocenters. The fraction of sp³-hybridized carbons (Fsp3) is 1.00. The molecule has 0 aromatic rings. The summed E-state index contributed by atoms with van der Waals surface area (Å²) in [4.78, 5) is 0. The van der Waals surface area contributed by atoms with Crippen LogP contribution < -0.4 is 0 Å². The van der Waals surface area contributed by atoms with Gasteiger partial charge >= 0.3 is 0 Å². The van der Waals surface area contributed by atoms with Crippen molar-refractivity contribution in [2.75, 3.05) is 13.2 Å². The number of nitrogens with one attached hydrogen (secondary N) is 1. The van der Waals surface area contributed by atoms with Gasteiger partial charge in [-0.1, -0.05) is 0 Å². The van der Waals surface area contributed by atoms with Gasteiger partial charge in [0.2, 0.25) is 0 Å². The van der Waals surface area contributed by atoms with Gasteiger partial charge in [-0.3, -0.25) is 0 Å². The lowest BCUT2D eigenvalue weighted by atomic mass is 10.1. The van der Waals surface area contributed by atoms with Crippen LogP contribution in [0.1, 0.15) is 12.8 Å². The first-order valence-electron chi connectivity index (χ1n) is 2.88. The third-order valence-electron chi connectivity index (χ3n) is 1.37. The van der Waals surface area contributed by atoms with Crippen molar-refractivity contribution in [2.45, 2.75) is 18.9 Å². The van der Waals surface area contributed by atoms with E-state index in [1.165, 1.54) is 0 Å². The van der Waals surface area contributed by atoms with Gasteiger partial charge in [-0.15, -0.1) is 0 Å². The molecule has 1 fully saturated rings. The quantitative estimate of drug-likeness (QED) is 0.511. The van der Waals surface area contributed by atoms with Crippen molar-refractivity contribution in [3.05, 3.63) is 0 Å². The van der Waals surface area contributed by atoms with Gasteiger partial charge in [0.15, 0.2) is 0 Å². The zero-order valence-electron chi connectivity index (χ0n) is 4.76. The fourth-order valence-electron chi connectivity index (χ4n) is 0.814. The van der Waals surface area contributed by atoms with Gasteiger partial charge in [-0.25, -0.2) is 5.53 Å². The Kier molecular flexibility index (Phi) is 1.97. The number of rotatable bonds is 1. The maximum Gasteiger partial charge on any atom is 0.0749 e. The Balaban J connectivity index is 2.22. The molecule has 1 aliphatic heterocycles. The average Bonchev–Trinajstić information content (AvgIpc) is 1.90. The van der Waals surface area contributed by atoms with Crippen LogP contribution >= 0.6 is 0 Å². The van der Waals surface area contributed by atoms with E-state index in [1.807, 2.05) is 0 Å². The van der Waals surface area contributed by atoms with E-state index in [4.69, 9.17) is 10.3 Å². The molecule has 1 saturated heterocycles. The molecule has 1 heterocycles. The van der Waals surface area contributed by atoms with Crippen LogP contribution in [0.5, 0.6) is 0 Å². The monoisotopic (exact) mass is 114 g/mol. The minimum absolute atomic E-state index is 0.253. The molecule has 0 bridgehead atoms. The van der Waals surface area contributed by atoms with E-state index in [0.29, 0.717) is 0 Å². The van der Waals surface area contributed by atoms with Gasteiger partial charge in [0, 0.05) is 13.2 Å². The summed E-state index contributed by atoms with van der Waals surface area (Å²) in [5.74, 6) is 0. The molecule has 0 aliphatic carbocycles. The molecular formula is C5H10N2O. The minimum Gasteiger partial charge on any atom is -0.381 e. The molecule has 0 radical (unpaired) electrons. The van der Waals surface area contributed by atoms with E-state index in [9.17, 15) is 0 Å². The van der Waals surface area contributed by atoms with Gasteiger partial charge < -0.3 is 4.74 Å². The van der Waals surface area contributed by atoms with Gasteiger partial charge in [0.1, 0.15) is 0 Å². The number of nitrogens with zero attached hydrogens (tertiary/aromatic N) is 1. The third-order valence-corrected chi connectivity index (χ3v) is 1.37. The molecule has 0 saturated carbocycles. The zero-order valence-corrected chi connectivity index (χ0v) is 4.76. The molecule has 3 nitrogen and oxygen atoms in total. The van der Waals surface area contributed by atoms with E-state index in [0.717, 1.165) is 26.1 Å². The number of hydrogen-bond donors (Lipinski definition) is 1. The summed E-state index contributed by atoms with van der Waals surface area (Å²) in [5, 5.41) is 3.42. The maximum absolute atomic E-state index is 6.67. The zero-order chi connectivity index (χ0) is 5.82. The molecule has 1 rings (SSSR count). The topological polar surface area (TPSA) is 45.4 Å². The van der Waals surface area contributed by atoms with Gasteiger partial charge in [0.25, 0.3) is 0 Å². The Hall–Kier alpha value is -0.440. The SMILES string of the molecule is N=NC1CCOCC1. The molecule has 0 aromatic carbocycles. The van der Waals surface area contributed by atoms with Crippen molar-refractivity contribution in [3.8, 4) is 0 Å². The molecular weight excluding hydrogens is 104 g/mol. The van der Waals surface area contributed by atoms with E-state index < -0.39 is 0 Å². The van der Waals surface area contributed by atoms with Gasteiger partial charge in [0.05, 0.1) is 6.04 Å². The van der Waals surface area contributed by atoms with Crippen LogP contribution in [0.4, 0.5) is 0 Å². The first kappa shape index (κ1) is 5.69. The Labute approximate surface area is 48.5 Å². The summed E-state index contributed by atoms with van der Waals surface area (Å²) >= 11 is 0. The lowest BCUT2D eigenvalue weighted by Crippen LogP contribution is -2.17. The second-order valence-corrected chi connectivity index (χ2v) is 1.97. The van der Waals surface area contributed by atoms with Crippen LogP contribution in [0.15, 0.2) is 5.11 Å². The van der Waals surface area contributed by atoms with Crippen LogP contribution in [0.3, 0.4) is 0 Å². The van der Waals surface area contributed by atoms with Crippen molar-refractivity contribution in [1.29, 1.82) is 5.53 Å². The van der Waals surface area contributed by atoms with Crippen molar-refractivity contribution in [1.82, 2.24) is 0 Å². The molecule has 0 atom stereocenters. The van der Waals surface area contributed by atoms with Crippen LogP contribution in [0, 0.1) is 5.53 Å². The normalized spacial score (nSPS) is 23.0. The van der Waals surface area contributed by atoms with E-state index in [2.05, 4.69) is 5.11 Å². The van der Waals surface area contributed by atoms with Crippen molar-refractivity contribution in [2.24, 2.45) is 5.11 Å². The standard InChI is InChI=1S/C5H10N2O/c6-7-5-1-3-8-4-2-5/h5-6H,1-4H2. The first-order chi connectivity index (χ1) is 3.93. The highest BCUT2D eigenvalue weighted by Gasteiger charge is 2.10. The number of ether oxygens (including phenoxy) is 1. The minimum atomic E-state index is 0.253. The molecule has 0 amide bonds. The van der Waals surface area contributed by atoms with Crippen molar-refractivity contribution in [3.63, 3.8) is 0 Å². The average molecular weight is 114 g/mol. The van der Waals surface area contributed by atoms with Crippen molar-refractivity contribution >= 4 is 0 Å². The fourth-order valence-corrected chi connectivity index (χ4v) is 0.814. The molecule has 46 valence electrons. The Morgan fingerprint density at radius 1 is 1.38 bits per heavy atom. The molecule has 8 heavy (non-hydrogen) atoms. The Bertz CT molecular complexity index is 78.5. The molecule has 0 spiro atoms. The number of hydrogen-bond acceptors (Lipinski definition) is 3. The highest BCUT2D eigenvalue weighted by molar-refractivity contribution is 4.65. The summed E-state index contributed by atoms with van der Waals surface area (Å²) in [6.45, 7) is 1.57. The molecule has 1 N–H and O–H groups in total. The van der Waals surface area contributed by atoms with Crippen LogP contribution in [0.2, 0.25) is 0 Å². The van der Waals surface area contributed by atoms with E-state index in [1.54, 1.807) is 0 Å². The molecule has 1 aliphatic rings. The maximum atomic E-state index is 6.67. The summed E-state index contributed by atoms with van der Waals surface area (Å²) in [6, 6.07) is 0.253. The first-order valence-corrected chi connectivity index (χ1v) is 2.88. The molecule has 3 heteroatoms. The predicted molar refractivity (Wildman–Crippen MR) is 29.0 cm³/mol. The highest BCUT2D eigenvalue weighted by Crippen LogP contribution is 2.08. The lowest BCUT2D eigenvalue weighted by Gasteiger charge is -2.15. The summed E-state index contributed by atoms with van der Waals surface area (Å²) in [6.07, 6.45) is 1.87. The van der Waals surface area contributed by atoms with E-state index in [-0.39, 0.29) is 6.04 Å². The Morgan fingerprint density at radius 2 is 2.00 bits per heavy atom. The van der Waals surface area contributed by atoms with Crippen LogP contribution in [-0.2, 0) is 4.74 Å². The van der Waals surface area contributed by atoms with Crippen LogP contribution in [0.25, 0.3) is 0 Å². The van der Waals surface area contributed by atoms with Crippen molar-refractivity contribution < 1.29 is 4.74 Å². The Morgan fingerprint density at radius 3 is 2.38 bits per heavy atom. The van der Waals surface area contributed by atoms with Gasteiger partial charge in [-0.2, -0.15) is 5.11 Å². The molecule has 0 aromatic heterocycles. The second-order valence-electron chi connectivity index (χ2n) is 1.97. The third kappa shape index (κ3) is 1.26. The summed E-state index contributed by atoms with van der Waals surface area (Å²) in [5.41, 5.74) is 6.67. The largest absolute Gasteiger partial charge is 0.381 e. The second kappa shape index (κ2) is 2.77. The summed E-state index contributed by atoms with van der Waals surface area (Å²) in [7, 11) is 0. The smallest absolute Gasteiger partial charge is 0.0749 e. The summed E-state index contributed by atoms with van der Waals surface area (Å²) < 4.78 is 5.06. The predicted octanol–water partition coefficient (Wildman–Crippen LogP) is 1.20.